The van der Waals surface area contributed by atoms with E-state index in [0.717, 1.165) is 6.54 Å². The Labute approximate surface area is 50.5 Å². The maximum Gasteiger partial charge on any atom is 0.0518 e. The fourth-order valence-corrected chi connectivity index (χ4v) is 0.285. The van der Waals surface area contributed by atoms with Gasteiger partial charge in [-0.2, -0.15) is 0 Å². The molecule has 0 unspecified atom stereocenters. The summed E-state index contributed by atoms with van der Waals surface area (Å²) in [7, 11) is 3.71. The Hall–Kier alpha value is -0.790. The molecule has 0 N–H and O–H groups in total. The molecule has 46 valence electrons. The van der Waals surface area contributed by atoms with Gasteiger partial charge in [-0.25, -0.2) is 0 Å². The van der Waals surface area contributed by atoms with E-state index in [1.807, 2.05) is 18.2 Å². The van der Waals surface area contributed by atoms with Crippen molar-refractivity contribution in [1.29, 1.82) is 0 Å². The number of aliphatic imine (C=N–C) groups is 1. The largest absolute Gasteiger partial charge is 0.376 e. The molecule has 0 aromatic carbocycles. The van der Waals surface area contributed by atoms with Crippen molar-refractivity contribution in [3.05, 3.63) is 12.8 Å². The van der Waals surface area contributed by atoms with Crippen molar-refractivity contribution >= 4 is 6.21 Å². The summed E-state index contributed by atoms with van der Waals surface area (Å²) in [6.07, 6.45) is 3.60. The highest BCUT2D eigenvalue weighted by Crippen LogP contribution is 1.75. The molecule has 0 rings (SSSR count). The fraction of sp³-hybridized carbons (Fsp3) is 0.500. The van der Waals surface area contributed by atoms with Crippen LogP contribution in [0.5, 0.6) is 0 Å². The lowest BCUT2D eigenvalue weighted by Gasteiger charge is -2.07. The first-order valence-corrected chi connectivity index (χ1v) is 2.54. The molecule has 0 atom stereocenters. The molecule has 0 aromatic heterocycles. The zero-order valence-electron chi connectivity index (χ0n) is 5.46. The van der Waals surface area contributed by atoms with E-state index in [1.165, 1.54) is 0 Å². The second kappa shape index (κ2) is 4.37. The van der Waals surface area contributed by atoms with Crippen molar-refractivity contribution in [2.45, 2.75) is 0 Å². The van der Waals surface area contributed by atoms with Crippen LogP contribution in [-0.4, -0.2) is 31.8 Å². The molecular weight excluding hydrogens is 100 g/mol. The minimum absolute atomic E-state index is 0.847. The Balaban J connectivity index is 3.23. The Bertz CT molecular complexity index is 86.5. The molecule has 0 bridgehead atoms. The van der Waals surface area contributed by atoms with Crippen molar-refractivity contribution in [1.82, 2.24) is 4.90 Å². The Morgan fingerprint density at radius 1 is 1.75 bits per heavy atom. The predicted octanol–water partition coefficient (Wildman–Crippen LogP) is 0.762. The molecule has 8 heavy (non-hydrogen) atoms. The molecule has 0 radical (unpaired) electrons. The van der Waals surface area contributed by atoms with E-state index in [9.17, 15) is 0 Å². The maximum absolute atomic E-state index is 3.81. The van der Waals surface area contributed by atoms with Gasteiger partial charge in [0.05, 0.1) is 6.54 Å². The topological polar surface area (TPSA) is 15.6 Å². The van der Waals surface area contributed by atoms with Gasteiger partial charge in [0.15, 0.2) is 0 Å². The Kier molecular flexibility index (Phi) is 3.94. The van der Waals surface area contributed by atoms with Gasteiger partial charge >= 0.3 is 0 Å². The molecule has 0 fully saturated rings. The molecule has 0 aliphatic carbocycles. The van der Waals surface area contributed by atoms with Gasteiger partial charge in [-0.05, 0) is 6.20 Å². The third-order valence-corrected chi connectivity index (χ3v) is 0.864. The quantitative estimate of drug-likeness (QED) is 0.492. The molecule has 2 nitrogen and oxygen atoms in total. The third-order valence-electron chi connectivity index (χ3n) is 0.864. The third kappa shape index (κ3) is 3.40. The van der Waals surface area contributed by atoms with E-state index in [-0.39, 0.29) is 0 Å². The van der Waals surface area contributed by atoms with Crippen LogP contribution in [0.4, 0.5) is 0 Å². The molecule has 0 heterocycles. The second-order valence-electron chi connectivity index (χ2n) is 1.56. The van der Waals surface area contributed by atoms with Gasteiger partial charge < -0.3 is 4.90 Å². The summed E-state index contributed by atoms with van der Waals surface area (Å²) in [5.74, 6) is 0. The number of hydrogen-bond acceptors (Lipinski definition) is 2. The van der Waals surface area contributed by atoms with Crippen LogP contribution in [0, 0.1) is 0 Å². The SMILES string of the molecule is C=CN(C)CC=NC. The summed E-state index contributed by atoms with van der Waals surface area (Å²) in [4.78, 5) is 5.76. The van der Waals surface area contributed by atoms with Crippen LogP contribution in [0.1, 0.15) is 0 Å². The monoisotopic (exact) mass is 112 g/mol. The van der Waals surface area contributed by atoms with E-state index in [4.69, 9.17) is 0 Å². The minimum atomic E-state index is 0.847. The van der Waals surface area contributed by atoms with Gasteiger partial charge in [0.25, 0.3) is 0 Å². The van der Waals surface area contributed by atoms with Crippen LogP contribution >= 0.6 is 0 Å². The summed E-state index contributed by atoms with van der Waals surface area (Å²) in [6, 6.07) is 0. The van der Waals surface area contributed by atoms with Crippen LogP contribution in [0.3, 0.4) is 0 Å². The van der Waals surface area contributed by atoms with Gasteiger partial charge in [-0.1, -0.05) is 6.58 Å². The van der Waals surface area contributed by atoms with Crippen molar-refractivity contribution in [3.8, 4) is 0 Å². The van der Waals surface area contributed by atoms with E-state index >= 15 is 0 Å². The average Bonchev–Trinajstić information content (AvgIpc) is 1.83. The summed E-state index contributed by atoms with van der Waals surface area (Å²) in [5.41, 5.74) is 0. The van der Waals surface area contributed by atoms with Crippen molar-refractivity contribution in [3.63, 3.8) is 0 Å². The molecule has 0 amide bonds. The first kappa shape index (κ1) is 7.21. The van der Waals surface area contributed by atoms with Gasteiger partial charge in [0.1, 0.15) is 0 Å². The molecule has 2 heteroatoms. The maximum atomic E-state index is 3.81. The van der Waals surface area contributed by atoms with Gasteiger partial charge in [0, 0.05) is 20.3 Å². The van der Waals surface area contributed by atoms with Crippen molar-refractivity contribution < 1.29 is 0 Å². The van der Waals surface area contributed by atoms with Crippen LogP contribution in [-0.2, 0) is 0 Å². The summed E-state index contributed by atoms with van der Waals surface area (Å²) < 4.78 is 0. The van der Waals surface area contributed by atoms with Crippen molar-refractivity contribution in [2.24, 2.45) is 4.99 Å². The molecule has 0 aromatic rings. The van der Waals surface area contributed by atoms with Gasteiger partial charge in [-0.15, -0.1) is 0 Å². The minimum Gasteiger partial charge on any atom is -0.376 e. The van der Waals surface area contributed by atoms with E-state index in [1.54, 1.807) is 13.2 Å². The average molecular weight is 112 g/mol. The summed E-state index contributed by atoms with van der Waals surface area (Å²) in [5, 5.41) is 0. The first-order valence-electron chi connectivity index (χ1n) is 2.54. The lowest BCUT2D eigenvalue weighted by molar-refractivity contribution is 0.530. The van der Waals surface area contributed by atoms with Crippen LogP contribution < -0.4 is 0 Å². The normalized spacial score (nSPS) is 9.75. The number of nitrogens with zero attached hydrogens (tertiary/aromatic N) is 2. The van der Waals surface area contributed by atoms with E-state index in [2.05, 4.69) is 11.6 Å². The zero-order chi connectivity index (χ0) is 6.41. The van der Waals surface area contributed by atoms with Gasteiger partial charge in [0.2, 0.25) is 0 Å². The molecule has 0 aliphatic heterocycles. The highest BCUT2D eigenvalue weighted by Gasteiger charge is 1.79. The smallest absolute Gasteiger partial charge is 0.0518 e. The molecule has 0 saturated heterocycles. The summed E-state index contributed by atoms with van der Waals surface area (Å²) >= 11 is 0. The van der Waals surface area contributed by atoms with Crippen LogP contribution in [0.15, 0.2) is 17.8 Å². The highest BCUT2D eigenvalue weighted by atomic mass is 15.1. The first-order chi connectivity index (χ1) is 3.81. The highest BCUT2D eigenvalue weighted by molar-refractivity contribution is 5.59. The Morgan fingerprint density at radius 3 is 2.75 bits per heavy atom. The van der Waals surface area contributed by atoms with Gasteiger partial charge in [-0.3, -0.25) is 4.99 Å². The summed E-state index contributed by atoms with van der Waals surface area (Å²) in [6.45, 7) is 4.42. The molecule has 0 saturated carbocycles. The van der Waals surface area contributed by atoms with Crippen molar-refractivity contribution in [2.75, 3.05) is 20.6 Å². The van der Waals surface area contributed by atoms with Crippen LogP contribution in [0.25, 0.3) is 0 Å². The number of rotatable bonds is 3. The molecule has 0 spiro atoms. The van der Waals surface area contributed by atoms with E-state index < -0.39 is 0 Å². The fourth-order valence-electron chi connectivity index (χ4n) is 0.285. The standard InChI is InChI=1S/C6H12N2/c1-4-8(3)6-5-7-2/h4-5H,1,6H2,2-3H3. The van der Waals surface area contributed by atoms with Crippen LogP contribution in [0.2, 0.25) is 0 Å². The zero-order valence-corrected chi connectivity index (χ0v) is 5.46. The molecular formula is C6H12N2. The molecule has 0 aliphatic rings. The lowest BCUT2D eigenvalue weighted by atomic mass is 10.6. The Morgan fingerprint density at radius 2 is 2.38 bits per heavy atom. The second-order valence-corrected chi connectivity index (χ2v) is 1.56. The predicted molar refractivity (Wildman–Crippen MR) is 37.2 cm³/mol. The number of hydrogen-bond donors (Lipinski definition) is 0. The van der Waals surface area contributed by atoms with E-state index in [0.29, 0.717) is 0 Å². The lowest BCUT2D eigenvalue weighted by Crippen LogP contribution is -2.12.